The van der Waals surface area contributed by atoms with Gasteiger partial charge in [-0.2, -0.15) is 0 Å². The minimum absolute atomic E-state index is 0.139. The Kier molecular flexibility index (Phi) is 10.6. The number of alkyl halides is 1. The highest BCUT2D eigenvalue weighted by molar-refractivity contribution is 9.09. The number of aliphatic hydroxyl groups is 1. The SMILES string of the molecule is C=CCCOC(=O)[C@H]1[C@H]2C(=O)N(CCCCCCO)C(C(=O)N(CC=C)CCCC)C23CC(Br)[C@@H]1O3. The van der Waals surface area contributed by atoms with Gasteiger partial charge in [-0.15, -0.1) is 13.2 Å². The summed E-state index contributed by atoms with van der Waals surface area (Å²) in [6.45, 7) is 11.3. The number of fused-ring (bicyclic) bond motifs is 1. The number of unbranched alkanes of at least 4 members (excludes halogenated alkanes) is 4. The van der Waals surface area contributed by atoms with Crippen molar-refractivity contribution in [3.05, 3.63) is 25.3 Å². The highest BCUT2D eigenvalue weighted by Gasteiger charge is 2.77. The van der Waals surface area contributed by atoms with Crippen LogP contribution in [0, 0.1) is 11.8 Å². The molecule has 202 valence electrons. The summed E-state index contributed by atoms with van der Waals surface area (Å²) in [5.74, 6) is -2.28. The monoisotopic (exact) mass is 568 g/mol. The predicted molar refractivity (Wildman–Crippen MR) is 140 cm³/mol. The first kappa shape index (κ1) is 28.9. The number of aliphatic hydroxyl groups excluding tert-OH is 1. The van der Waals surface area contributed by atoms with Crippen molar-refractivity contribution in [3.63, 3.8) is 0 Å². The number of halogens is 1. The average Bonchev–Trinajstić information content (AvgIpc) is 3.45. The van der Waals surface area contributed by atoms with E-state index in [1.54, 1.807) is 22.0 Å². The third kappa shape index (κ3) is 5.58. The van der Waals surface area contributed by atoms with Crippen LogP contribution in [-0.2, 0) is 23.9 Å². The minimum atomic E-state index is -1.06. The summed E-state index contributed by atoms with van der Waals surface area (Å²) in [4.78, 5) is 44.5. The molecule has 0 aromatic rings. The molecule has 3 aliphatic rings. The van der Waals surface area contributed by atoms with Gasteiger partial charge in [0.25, 0.3) is 0 Å². The molecular formula is C27H41BrN2O6. The summed E-state index contributed by atoms with van der Waals surface area (Å²) in [6.07, 6.45) is 8.79. The zero-order chi connectivity index (χ0) is 26.3. The molecule has 2 amide bonds. The van der Waals surface area contributed by atoms with Crippen LogP contribution in [0.15, 0.2) is 25.3 Å². The molecule has 3 heterocycles. The van der Waals surface area contributed by atoms with Gasteiger partial charge >= 0.3 is 5.97 Å². The number of hydrogen-bond donors (Lipinski definition) is 1. The molecule has 1 spiro atoms. The van der Waals surface area contributed by atoms with Gasteiger partial charge in [0, 0.05) is 31.1 Å². The zero-order valence-corrected chi connectivity index (χ0v) is 23.0. The number of ether oxygens (including phenoxy) is 2. The van der Waals surface area contributed by atoms with E-state index in [0.29, 0.717) is 45.3 Å². The lowest BCUT2D eigenvalue weighted by molar-refractivity contribution is -0.155. The van der Waals surface area contributed by atoms with Crippen molar-refractivity contribution in [1.29, 1.82) is 0 Å². The molecule has 0 aliphatic carbocycles. The van der Waals surface area contributed by atoms with Crippen molar-refractivity contribution in [1.82, 2.24) is 9.80 Å². The van der Waals surface area contributed by atoms with Crippen molar-refractivity contribution in [2.24, 2.45) is 11.8 Å². The van der Waals surface area contributed by atoms with E-state index in [4.69, 9.17) is 14.6 Å². The van der Waals surface area contributed by atoms with Gasteiger partial charge in [0.2, 0.25) is 11.8 Å². The van der Waals surface area contributed by atoms with E-state index in [0.717, 1.165) is 25.7 Å². The van der Waals surface area contributed by atoms with E-state index in [1.807, 2.05) is 0 Å². The van der Waals surface area contributed by atoms with Crippen molar-refractivity contribution in [2.75, 3.05) is 32.8 Å². The van der Waals surface area contributed by atoms with Crippen LogP contribution >= 0.6 is 15.9 Å². The normalized spacial score (nSPS) is 30.4. The van der Waals surface area contributed by atoms with Crippen LogP contribution in [0.5, 0.6) is 0 Å². The van der Waals surface area contributed by atoms with Crippen LogP contribution < -0.4 is 0 Å². The Bertz CT molecular complexity index is 822. The number of carbonyl (C=O) groups is 3. The molecule has 3 rings (SSSR count). The molecule has 3 saturated heterocycles. The molecule has 1 N–H and O–H groups in total. The Labute approximate surface area is 223 Å². The first-order chi connectivity index (χ1) is 17.4. The Morgan fingerprint density at radius 2 is 2.00 bits per heavy atom. The molecule has 8 nitrogen and oxygen atoms in total. The molecule has 6 atom stereocenters. The summed E-state index contributed by atoms with van der Waals surface area (Å²) in [5, 5.41) is 9.09. The molecule has 3 aliphatic heterocycles. The van der Waals surface area contributed by atoms with Crippen molar-refractivity contribution >= 4 is 33.7 Å². The second kappa shape index (κ2) is 13.2. The number of carbonyl (C=O) groups excluding carboxylic acids is 3. The van der Waals surface area contributed by atoms with E-state index in [2.05, 4.69) is 36.0 Å². The van der Waals surface area contributed by atoms with Gasteiger partial charge in [-0.05, 0) is 32.1 Å². The molecule has 3 unspecified atom stereocenters. The number of nitrogens with zero attached hydrogens (tertiary/aromatic N) is 2. The van der Waals surface area contributed by atoms with Crippen LogP contribution in [0.1, 0.15) is 58.3 Å². The quantitative estimate of drug-likeness (QED) is 0.133. The second-order valence-corrected chi connectivity index (χ2v) is 11.2. The van der Waals surface area contributed by atoms with Gasteiger partial charge in [0.05, 0.1) is 24.5 Å². The molecule has 2 bridgehead atoms. The zero-order valence-electron chi connectivity index (χ0n) is 21.4. The van der Waals surface area contributed by atoms with Crippen LogP contribution in [0.2, 0.25) is 0 Å². The smallest absolute Gasteiger partial charge is 0.312 e. The van der Waals surface area contributed by atoms with Crippen LogP contribution in [0.3, 0.4) is 0 Å². The largest absolute Gasteiger partial charge is 0.465 e. The van der Waals surface area contributed by atoms with E-state index in [1.165, 1.54) is 0 Å². The summed E-state index contributed by atoms with van der Waals surface area (Å²) in [7, 11) is 0. The molecular weight excluding hydrogens is 528 g/mol. The van der Waals surface area contributed by atoms with Gasteiger partial charge in [0.15, 0.2) is 0 Å². The molecule has 9 heteroatoms. The van der Waals surface area contributed by atoms with E-state index >= 15 is 0 Å². The van der Waals surface area contributed by atoms with Crippen molar-refractivity contribution in [2.45, 2.75) is 80.9 Å². The number of likely N-dealkylation sites (tertiary alicyclic amines) is 1. The highest BCUT2D eigenvalue weighted by atomic mass is 79.9. The van der Waals surface area contributed by atoms with E-state index < -0.39 is 35.6 Å². The first-order valence-corrected chi connectivity index (χ1v) is 14.2. The molecule has 36 heavy (non-hydrogen) atoms. The van der Waals surface area contributed by atoms with Crippen LogP contribution in [0.25, 0.3) is 0 Å². The number of esters is 1. The fraction of sp³-hybridized carbons (Fsp3) is 0.741. The number of amides is 2. The molecule has 3 fully saturated rings. The second-order valence-electron chi connectivity index (χ2n) is 10.0. The van der Waals surface area contributed by atoms with Gasteiger partial charge in [-0.3, -0.25) is 14.4 Å². The number of hydrogen-bond acceptors (Lipinski definition) is 6. The summed E-state index contributed by atoms with van der Waals surface area (Å²) in [6, 6.07) is -0.791. The molecule has 0 saturated carbocycles. The van der Waals surface area contributed by atoms with Crippen LogP contribution in [-0.4, -0.2) is 88.1 Å². The van der Waals surface area contributed by atoms with Gasteiger partial charge < -0.3 is 24.4 Å². The maximum atomic E-state index is 14.1. The molecule has 0 aromatic heterocycles. The summed E-state index contributed by atoms with van der Waals surface area (Å²) in [5.41, 5.74) is -1.06. The topological polar surface area (TPSA) is 96.4 Å². The Morgan fingerprint density at radius 1 is 1.25 bits per heavy atom. The van der Waals surface area contributed by atoms with Crippen molar-refractivity contribution in [3.8, 4) is 0 Å². The lowest BCUT2D eigenvalue weighted by Crippen LogP contribution is -2.57. The minimum Gasteiger partial charge on any atom is -0.465 e. The Morgan fingerprint density at radius 3 is 2.67 bits per heavy atom. The average molecular weight is 570 g/mol. The summed E-state index contributed by atoms with van der Waals surface area (Å²) < 4.78 is 12.0. The molecule has 0 aromatic carbocycles. The standard InChI is InChI=1S/C27H41BrN2O6/c1-4-7-14-29(13-6-3)25(33)23-27-18-19(28)22(36-27)20(26(34)35-17-8-5-2)21(27)24(32)30(23)15-11-9-10-12-16-31/h5-6,19-23,31H,2-4,7-18H2,1H3/t19?,20-,21-,22-,23?,27?/m0/s1. The van der Waals surface area contributed by atoms with Crippen LogP contribution in [0.4, 0.5) is 0 Å². The van der Waals surface area contributed by atoms with Gasteiger partial charge in [-0.1, -0.05) is 54.3 Å². The van der Waals surface area contributed by atoms with E-state index in [-0.39, 0.29) is 29.9 Å². The van der Waals surface area contributed by atoms with Gasteiger partial charge in [-0.25, -0.2) is 0 Å². The van der Waals surface area contributed by atoms with E-state index in [9.17, 15) is 14.4 Å². The Balaban J connectivity index is 1.93. The highest BCUT2D eigenvalue weighted by Crippen LogP contribution is 2.60. The maximum Gasteiger partial charge on any atom is 0.312 e. The Hall–Kier alpha value is -1.71. The fourth-order valence-electron chi connectivity index (χ4n) is 5.97. The lowest BCUT2D eigenvalue weighted by Gasteiger charge is -2.37. The molecule has 0 radical (unpaired) electrons. The lowest BCUT2D eigenvalue weighted by atomic mass is 9.70. The third-order valence-electron chi connectivity index (χ3n) is 7.61. The first-order valence-electron chi connectivity index (χ1n) is 13.3. The fourth-order valence-corrected chi connectivity index (χ4v) is 6.92. The third-order valence-corrected chi connectivity index (χ3v) is 8.46. The van der Waals surface area contributed by atoms with Crippen molar-refractivity contribution < 1.29 is 29.0 Å². The maximum absolute atomic E-state index is 14.1. The summed E-state index contributed by atoms with van der Waals surface area (Å²) >= 11 is 3.68. The number of rotatable bonds is 16. The van der Waals surface area contributed by atoms with Gasteiger partial charge in [0.1, 0.15) is 11.6 Å². The predicted octanol–water partition coefficient (Wildman–Crippen LogP) is 3.22.